The number of hydrogen-bond acceptors (Lipinski definition) is 6. The highest BCUT2D eigenvalue weighted by Crippen LogP contribution is 2.34. The Morgan fingerprint density at radius 3 is 2.51 bits per heavy atom. The largest absolute Gasteiger partial charge is 0.439 e. The summed E-state index contributed by atoms with van der Waals surface area (Å²) in [6.07, 6.45) is 1.61. The van der Waals surface area contributed by atoms with Crippen molar-refractivity contribution in [1.82, 2.24) is 14.7 Å². The molecular weight excluding hydrogens is 466 g/mol. The minimum Gasteiger partial charge on any atom is -0.439 e. The average molecular weight is 508 g/mol. The Balaban J connectivity index is 1.64. The Morgan fingerprint density at radius 1 is 1.14 bits per heavy atom. The van der Waals surface area contributed by atoms with Gasteiger partial charge in [-0.25, -0.2) is 4.68 Å². The van der Waals surface area contributed by atoms with Gasteiger partial charge in [-0.15, -0.1) is 0 Å². The van der Waals surface area contributed by atoms with Gasteiger partial charge in [0.05, 0.1) is 30.0 Å². The van der Waals surface area contributed by atoms with Gasteiger partial charge in [0.2, 0.25) is 5.88 Å². The van der Waals surface area contributed by atoms with E-state index in [-0.39, 0.29) is 18.3 Å². The van der Waals surface area contributed by atoms with E-state index >= 15 is 0 Å². The summed E-state index contributed by atoms with van der Waals surface area (Å²) < 4.78 is 20.1. The van der Waals surface area contributed by atoms with Crippen molar-refractivity contribution < 1.29 is 19.3 Å². The predicted octanol–water partition coefficient (Wildman–Crippen LogP) is 5.34. The Labute approximate surface area is 221 Å². The molecule has 1 N–H and O–H groups in total. The molecule has 0 aliphatic carbocycles. The molecule has 0 saturated carbocycles. The normalized spacial score (nSPS) is 16.9. The van der Waals surface area contributed by atoms with Crippen LogP contribution in [0.3, 0.4) is 0 Å². The second-order valence-corrected chi connectivity index (χ2v) is 10.9. The third-order valence-corrected chi connectivity index (χ3v) is 6.42. The van der Waals surface area contributed by atoms with Gasteiger partial charge in [0.25, 0.3) is 0 Å². The molecule has 1 aliphatic rings. The second kappa shape index (κ2) is 12.2. The smallest absolute Gasteiger partial charge is 0.222 e. The third kappa shape index (κ3) is 7.89. The lowest BCUT2D eigenvalue weighted by molar-refractivity contribution is -0.0594. The van der Waals surface area contributed by atoms with Gasteiger partial charge < -0.3 is 19.3 Å². The molecular formula is C30H41N3O4. The van der Waals surface area contributed by atoms with E-state index < -0.39 is 6.10 Å². The lowest BCUT2D eigenvalue weighted by Gasteiger charge is -2.29. The molecule has 4 rings (SSSR count). The average Bonchev–Trinajstić information content (AvgIpc) is 3.48. The van der Waals surface area contributed by atoms with Crippen molar-refractivity contribution in [2.45, 2.75) is 64.9 Å². The molecule has 1 aromatic heterocycles. The van der Waals surface area contributed by atoms with E-state index in [1.54, 1.807) is 4.68 Å². The van der Waals surface area contributed by atoms with Gasteiger partial charge >= 0.3 is 0 Å². The standard InChI is InChI=1S/C30H41N3O4/c1-22-13-15-25(16-14-22)37-29-27(28(31-32(29)5)23-10-7-6-8-11-23)20-33(19-26-12-9-17-35-26)18-24(34)21-36-30(2,3)4/h6-8,10-11,13-16,24,26,34H,9,12,17-21H2,1-5H3/t24-,26-/m1/s1. The zero-order valence-corrected chi connectivity index (χ0v) is 22.8. The van der Waals surface area contributed by atoms with E-state index in [1.807, 2.05) is 70.3 Å². The zero-order valence-electron chi connectivity index (χ0n) is 22.8. The first-order valence-electron chi connectivity index (χ1n) is 13.2. The first kappa shape index (κ1) is 27.3. The van der Waals surface area contributed by atoms with Crippen molar-refractivity contribution in [2.75, 3.05) is 26.3 Å². The SMILES string of the molecule is Cc1ccc(Oc2c(CN(C[C@@H](O)COC(C)(C)C)C[C@H]3CCCO3)c(-c3ccccc3)nn2C)cc1. The molecule has 0 spiro atoms. The number of ether oxygens (including phenoxy) is 3. The number of hydrogen-bond donors (Lipinski definition) is 1. The number of benzene rings is 2. The van der Waals surface area contributed by atoms with E-state index in [2.05, 4.69) is 24.0 Å². The zero-order chi connectivity index (χ0) is 26.4. The van der Waals surface area contributed by atoms with Gasteiger partial charge in [-0.1, -0.05) is 48.0 Å². The van der Waals surface area contributed by atoms with Crippen molar-refractivity contribution in [2.24, 2.45) is 7.05 Å². The Bertz CT molecular complexity index is 1120. The fourth-order valence-corrected chi connectivity index (χ4v) is 4.57. The van der Waals surface area contributed by atoms with Gasteiger partial charge in [-0.05, 0) is 52.7 Å². The van der Waals surface area contributed by atoms with E-state index in [0.717, 1.165) is 48.6 Å². The molecule has 2 aromatic carbocycles. The Kier molecular flexibility index (Phi) is 9.03. The van der Waals surface area contributed by atoms with Crippen LogP contribution in [0.2, 0.25) is 0 Å². The number of aliphatic hydroxyl groups excluding tert-OH is 1. The number of nitrogens with zero attached hydrogens (tertiary/aromatic N) is 3. The molecule has 7 heteroatoms. The summed E-state index contributed by atoms with van der Waals surface area (Å²) in [4.78, 5) is 2.25. The van der Waals surface area contributed by atoms with Gasteiger partial charge in [0.15, 0.2) is 0 Å². The predicted molar refractivity (Wildman–Crippen MR) is 146 cm³/mol. The van der Waals surface area contributed by atoms with Gasteiger partial charge in [-0.2, -0.15) is 5.10 Å². The molecule has 0 amide bonds. The quantitative estimate of drug-likeness (QED) is 0.378. The number of aromatic nitrogens is 2. The molecule has 200 valence electrons. The summed E-state index contributed by atoms with van der Waals surface area (Å²) in [6, 6.07) is 18.2. The van der Waals surface area contributed by atoms with Crippen molar-refractivity contribution in [3.8, 4) is 22.9 Å². The van der Waals surface area contributed by atoms with Gasteiger partial charge in [-0.3, -0.25) is 4.90 Å². The van der Waals surface area contributed by atoms with Crippen LogP contribution in [0.25, 0.3) is 11.3 Å². The van der Waals surface area contributed by atoms with Crippen molar-refractivity contribution in [3.05, 3.63) is 65.7 Å². The highest BCUT2D eigenvalue weighted by Gasteiger charge is 2.27. The summed E-state index contributed by atoms with van der Waals surface area (Å²) >= 11 is 0. The molecule has 1 saturated heterocycles. The molecule has 1 aliphatic heterocycles. The number of aliphatic hydroxyl groups is 1. The summed E-state index contributed by atoms with van der Waals surface area (Å²) in [5.41, 5.74) is 3.76. The molecule has 1 fully saturated rings. The molecule has 0 unspecified atom stereocenters. The highest BCUT2D eigenvalue weighted by molar-refractivity contribution is 5.65. The van der Waals surface area contributed by atoms with Gasteiger partial charge in [0.1, 0.15) is 11.4 Å². The van der Waals surface area contributed by atoms with E-state index in [0.29, 0.717) is 19.0 Å². The van der Waals surface area contributed by atoms with E-state index in [4.69, 9.17) is 19.3 Å². The van der Waals surface area contributed by atoms with E-state index in [1.165, 1.54) is 5.56 Å². The summed E-state index contributed by atoms with van der Waals surface area (Å²) in [6.45, 7) is 10.9. The maximum absolute atomic E-state index is 10.9. The fraction of sp³-hybridized carbons (Fsp3) is 0.500. The molecule has 2 atom stereocenters. The number of rotatable bonds is 11. The second-order valence-electron chi connectivity index (χ2n) is 10.9. The number of aryl methyl sites for hydroxylation is 2. The summed E-state index contributed by atoms with van der Waals surface area (Å²) in [5, 5.41) is 15.8. The van der Waals surface area contributed by atoms with Crippen LogP contribution in [0.1, 0.15) is 44.7 Å². The van der Waals surface area contributed by atoms with Crippen LogP contribution < -0.4 is 4.74 Å². The lowest BCUT2D eigenvalue weighted by Crippen LogP contribution is -2.40. The van der Waals surface area contributed by atoms with Crippen LogP contribution in [-0.4, -0.2) is 63.9 Å². The fourth-order valence-electron chi connectivity index (χ4n) is 4.57. The van der Waals surface area contributed by atoms with Crippen LogP contribution in [0.4, 0.5) is 0 Å². The third-order valence-electron chi connectivity index (χ3n) is 6.42. The molecule has 3 aromatic rings. The van der Waals surface area contributed by atoms with E-state index in [9.17, 15) is 5.11 Å². The lowest BCUT2D eigenvalue weighted by atomic mass is 10.1. The monoisotopic (exact) mass is 507 g/mol. The van der Waals surface area contributed by atoms with Crippen LogP contribution in [0.5, 0.6) is 11.6 Å². The van der Waals surface area contributed by atoms with Crippen LogP contribution >= 0.6 is 0 Å². The van der Waals surface area contributed by atoms with Gasteiger partial charge in [0, 0.05) is 38.9 Å². The molecule has 2 heterocycles. The Hall–Kier alpha value is -2.71. The first-order chi connectivity index (χ1) is 17.7. The minimum atomic E-state index is -0.626. The molecule has 0 bridgehead atoms. The minimum absolute atomic E-state index is 0.147. The highest BCUT2D eigenvalue weighted by atomic mass is 16.5. The van der Waals surface area contributed by atoms with Crippen molar-refractivity contribution in [3.63, 3.8) is 0 Å². The van der Waals surface area contributed by atoms with Crippen molar-refractivity contribution in [1.29, 1.82) is 0 Å². The van der Waals surface area contributed by atoms with Crippen LogP contribution in [0.15, 0.2) is 54.6 Å². The molecule has 7 nitrogen and oxygen atoms in total. The van der Waals surface area contributed by atoms with Crippen LogP contribution in [-0.2, 0) is 23.1 Å². The molecule has 0 radical (unpaired) electrons. The summed E-state index contributed by atoms with van der Waals surface area (Å²) in [5.74, 6) is 1.46. The topological polar surface area (TPSA) is 69.0 Å². The van der Waals surface area contributed by atoms with Crippen molar-refractivity contribution >= 4 is 0 Å². The maximum atomic E-state index is 10.9. The summed E-state index contributed by atoms with van der Waals surface area (Å²) in [7, 11) is 1.91. The maximum Gasteiger partial charge on any atom is 0.222 e. The first-order valence-corrected chi connectivity index (χ1v) is 13.2. The molecule has 37 heavy (non-hydrogen) atoms. The Morgan fingerprint density at radius 2 is 1.86 bits per heavy atom. The van der Waals surface area contributed by atoms with Crippen LogP contribution in [0, 0.1) is 6.92 Å².